The van der Waals surface area contributed by atoms with Crippen LogP contribution in [0, 0.1) is 5.92 Å². The molecule has 0 saturated carbocycles. The zero-order valence-corrected chi connectivity index (χ0v) is 22.4. The van der Waals surface area contributed by atoms with Crippen molar-refractivity contribution in [2.45, 2.75) is 70.7 Å². The molecular formula is C26H32N4O3S2. The van der Waals surface area contributed by atoms with Crippen molar-refractivity contribution in [2.75, 3.05) is 12.9 Å². The van der Waals surface area contributed by atoms with Crippen LogP contribution in [0.2, 0.25) is 0 Å². The van der Waals surface area contributed by atoms with Gasteiger partial charge in [-0.15, -0.1) is 21.5 Å². The number of hydrogen-bond donors (Lipinski definition) is 0. The van der Waals surface area contributed by atoms with Gasteiger partial charge in [0.15, 0.2) is 5.16 Å². The van der Waals surface area contributed by atoms with E-state index in [4.69, 9.17) is 9.47 Å². The summed E-state index contributed by atoms with van der Waals surface area (Å²) in [6.45, 7) is 7.11. The van der Waals surface area contributed by atoms with E-state index in [2.05, 4.69) is 35.4 Å². The van der Waals surface area contributed by atoms with Gasteiger partial charge in [-0.2, -0.15) is 0 Å². The van der Waals surface area contributed by atoms with Crippen LogP contribution in [0.3, 0.4) is 0 Å². The summed E-state index contributed by atoms with van der Waals surface area (Å²) in [6, 6.07) is 7.54. The van der Waals surface area contributed by atoms with Crippen molar-refractivity contribution in [2.24, 2.45) is 5.92 Å². The first-order valence-corrected chi connectivity index (χ1v) is 14.2. The summed E-state index contributed by atoms with van der Waals surface area (Å²) in [6.07, 6.45) is 5.67. The molecule has 5 rings (SSSR count). The zero-order valence-electron chi connectivity index (χ0n) is 20.7. The lowest BCUT2D eigenvalue weighted by molar-refractivity contribution is 0.00200. The van der Waals surface area contributed by atoms with Crippen molar-refractivity contribution in [3.05, 3.63) is 45.1 Å². The van der Waals surface area contributed by atoms with Crippen molar-refractivity contribution >= 4 is 39.1 Å². The Morgan fingerprint density at radius 2 is 2.00 bits per heavy atom. The van der Waals surface area contributed by atoms with E-state index in [0.717, 1.165) is 55.8 Å². The number of hydrogen-bond acceptors (Lipinski definition) is 7. The Morgan fingerprint density at radius 3 is 2.71 bits per heavy atom. The third kappa shape index (κ3) is 4.49. The molecule has 9 heteroatoms. The molecule has 0 spiro atoms. The Hall–Kier alpha value is -2.36. The quantitative estimate of drug-likeness (QED) is 0.206. The predicted octanol–water partition coefficient (Wildman–Crippen LogP) is 5.87. The Balaban J connectivity index is 1.69. The third-order valence-corrected chi connectivity index (χ3v) is 8.85. The molecule has 1 aromatic carbocycles. The second-order valence-electron chi connectivity index (χ2n) is 9.35. The molecule has 0 N–H and O–H groups in total. The fourth-order valence-corrected chi connectivity index (χ4v) is 6.85. The molecule has 0 aliphatic carbocycles. The van der Waals surface area contributed by atoms with Crippen LogP contribution >= 0.6 is 23.1 Å². The van der Waals surface area contributed by atoms with Gasteiger partial charge in [0.1, 0.15) is 10.6 Å². The van der Waals surface area contributed by atoms with Crippen LogP contribution in [-0.2, 0) is 17.8 Å². The van der Waals surface area contributed by atoms with Crippen LogP contribution < -0.4 is 10.3 Å². The van der Waals surface area contributed by atoms with Crippen LogP contribution in [0.5, 0.6) is 5.75 Å². The number of ether oxygens (including phenoxy) is 2. The van der Waals surface area contributed by atoms with Crippen molar-refractivity contribution in [1.29, 1.82) is 0 Å². The number of fused-ring (bicyclic) bond motifs is 5. The van der Waals surface area contributed by atoms with Gasteiger partial charge in [0, 0.05) is 17.1 Å². The zero-order chi connectivity index (χ0) is 24.5. The van der Waals surface area contributed by atoms with Crippen molar-refractivity contribution in [3.8, 4) is 11.4 Å². The number of thiophene rings is 1. The molecule has 7 nitrogen and oxygen atoms in total. The van der Waals surface area contributed by atoms with E-state index < -0.39 is 0 Å². The highest BCUT2D eigenvalue weighted by atomic mass is 32.2. The van der Waals surface area contributed by atoms with Crippen LogP contribution in [0.25, 0.3) is 21.7 Å². The molecule has 0 saturated heterocycles. The largest absolute Gasteiger partial charge is 0.497 e. The Bertz CT molecular complexity index is 1390. The first kappa shape index (κ1) is 24.3. The number of benzene rings is 1. The minimum atomic E-state index is -0.0496. The maximum atomic E-state index is 14.1. The smallest absolute Gasteiger partial charge is 0.268 e. The second kappa shape index (κ2) is 10.3. The highest BCUT2D eigenvalue weighted by Crippen LogP contribution is 2.37. The summed E-state index contributed by atoms with van der Waals surface area (Å²) < 4.78 is 15.3. The summed E-state index contributed by atoms with van der Waals surface area (Å²) >= 11 is 3.36. The van der Waals surface area contributed by atoms with E-state index in [-0.39, 0.29) is 11.7 Å². The van der Waals surface area contributed by atoms with Gasteiger partial charge in [-0.1, -0.05) is 51.8 Å². The molecular weight excluding hydrogens is 480 g/mol. The molecule has 186 valence electrons. The number of thioether (sulfide) groups is 1. The van der Waals surface area contributed by atoms with Crippen LogP contribution in [0.15, 0.2) is 34.2 Å². The summed E-state index contributed by atoms with van der Waals surface area (Å²) in [7, 11) is 1.64. The van der Waals surface area contributed by atoms with Crippen LogP contribution in [-0.4, -0.2) is 38.1 Å². The normalized spacial score (nSPS) is 15.9. The topological polar surface area (TPSA) is 70.7 Å². The van der Waals surface area contributed by atoms with Crippen LogP contribution in [0.4, 0.5) is 0 Å². The number of methoxy groups -OCH3 is 1. The van der Waals surface area contributed by atoms with E-state index in [0.29, 0.717) is 18.3 Å². The SMILES string of the molecule is CCCCCCSc1nnc2n(-c3ccc(OC)cc3)c(=O)c3c4c(sc3n12)CO[C@@H](C(C)C)C4. The number of nitrogens with zero attached hydrogens (tertiary/aromatic N) is 4. The van der Waals surface area contributed by atoms with Gasteiger partial charge in [-0.05, 0) is 42.2 Å². The average Bonchev–Trinajstić information content (AvgIpc) is 3.45. The lowest BCUT2D eigenvalue weighted by atomic mass is 9.96. The fourth-order valence-electron chi connectivity index (χ4n) is 4.62. The molecule has 35 heavy (non-hydrogen) atoms. The van der Waals surface area contributed by atoms with Crippen molar-refractivity contribution < 1.29 is 9.47 Å². The third-order valence-electron chi connectivity index (χ3n) is 6.65. The van der Waals surface area contributed by atoms with Gasteiger partial charge >= 0.3 is 0 Å². The lowest BCUT2D eigenvalue weighted by Gasteiger charge is -2.26. The predicted molar refractivity (Wildman–Crippen MR) is 143 cm³/mol. The molecule has 0 unspecified atom stereocenters. The second-order valence-corrected chi connectivity index (χ2v) is 11.5. The highest BCUT2D eigenvalue weighted by Gasteiger charge is 2.30. The van der Waals surface area contributed by atoms with Gasteiger partial charge in [0.05, 0.1) is 30.9 Å². The first-order chi connectivity index (χ1) is 17.0. The van der Waals surface area contributed by atoms with Crippen molar-refractivity contribution in [3.63, 3.8) is 0 Å². The molecule has 3 aromatic heterocycles. The number of aromatic nitrogens is 4. The summed E-state index contributed by atoms with van der Waals surface area (Å²) in [5.74, 6) is 2.65. The maximum absolute atomic E-state index is 14.1. The summed E-state index contributed by atoms with van der Waals surface area (Å²) in [5.41, 5.74) is 1.82. The Morgan fingerprint density at radius 1 is 1.20 bits per heavy atom. The molecule has 0 amide bonds. The van der Waals surface area contributed by atoms with Gasteiger partial charge in [-0.25, -0.2) is 8.97 Å². The van der Waals surface area contributed by atoms with Gasteiger partial charge in [0.2, 0.25) is 5.78 Å². The molecule has 0 radical (unpaired) electrons. The maximum Gasteiger partial charge on any atom is 0.268 e. The van der Waals surface area contributed by atoms with Gasteiger partial charge in [0.25, 0.3) is 5.56 Å². The molecule has 1 aliphatic heterocycles. The Labute approximate surface area is 213 Å². The fraction of sp³-hybridized carbons (Fsp3) is 0.500. The summed E-state index contributed by atoms with van der Waals surface area (Å²) in [4.78, 5) is 16.1. The molecule has 0 bridgehead atoms. The highest BCUT2D eigenvalue weighted by molar-refractivity contribution is 7.99. The van der Waals surface area contributed by atoms with Gasteiger partial charge < -0.3 is 9.47 Å². The minimum absolute atomic E-state index is 0.0496. The molecule has 1 aliphatic rings. The van der Waals surface area contributed by atoms with Crippen LogP contribution in [0.1, 0.15) is 56.9 Å². The molecule has 1 atom stereocenters. The minimum Gasteiger partial charge on any atom is -0.497 e. The lowest BCUT2D eigenvalue weighted by Crippen LogP contribution is -2.28. The molecule has 0 fully saturated rings. The van der Waals surface area contributed by atoms with Gasteiger partial charge in [-0.3, -0.25) is 4.79 Å². The van der Waals surface area contributed by atoms with E-state index in [9.17, 15) is 4.79 Å². The number of unbranched alkanes of at least 4 members (excludes halogenated alkanes) is 3. The van der Waals surface area contributed by atoms with Crippen molar-refractivity contribution in [1.82, 2.24) is 19.2 Å². The molecule has 4 aromatic rings. The van der Waals surface area contributed by atoms with E-state index >= 15 is 0 Å². The monoisotopic (exact) mass is 512 g/mol. The number of rotatable bonds is 9. The van der Waals surface area contributed by atoms with E-state index in [1.807, 2.05) is 24.3 Å². The van der Waals surface area contributed by atoms with E-state index in [1.54, 1.807) is 34.8 Å². The van der Waals surface area contributed by atoms with E-state index in [1.165, 1.54) is 19.3 Å². The molecule has 4 heterocycles. The first-order valence-electron chi connectivity index (χ1n) is 12.4. The Kier molecular flexibility index (Phi) is 7.18. The summed E-state index contributed by atoms with van der Waals surface area (Å²) in [5, 5.41) is 10.7. The standard InChI is InChI=1S/C26H32N4O3S2/c1-5-6-7-8-13-34-26-28-27-25-29(17-9-11-18(32-4)12-10-17)23(31)22-19-14-20(16(2)3)33-15-21(19)35-24(22)30(25)26/h9-12,16,20H,5-8,13-15H2,1-4H3/t20-/m1/s1. The average molecular weight is 513 g/mol.